The topological polar surface area (TPSA) is 50.2 Å². The van der Waals surface area contributed by atoms with Crippen molar-refractivity contribution in [2.45, 2.75) is 10.8 Å². The summed E-state index contributed by atoms with van der Waals surface area (Å²) in [4.78, 5) is 14.9. The summed E-state index contributed by atoms with van der Waals surface area (Å²) in [5.74, 6) is -0.238. The van der Waals surface area contributed by atoms with E-state index in [0.717, 1.165) is 5.56 Å². The van der Waals surface area contributed by atoms with Gasteiger partial charge in [-0.3, -0.25) is 0 Å². The predicted octanol–water partition coefficient (Wildman–Crippen LogP) is 3.73. The molecule has 0 spiro atoms. The van der Waals surface area contributed by atoms with Gasteiger partial charge in [0, 0.05) is 17.0 Å². The van der Waals surface area contributed by atoms with Gasteiger partial charge in [0.05, 0.1) is 10.6 Å². The highest BCUT2D eigenvalue weighted by Gasteiger charge is 2.05. The first-order valence-corrected chi connectivity index (χ1v) is 6.58. The van der Waals surface area contributed by atoms with Crippen LogP contribution >= 0.6 is 23.4 Å². The van der Waals surface area contributed by atoms with Gasteiger partial charge in [-0.2, -0.15) is 0 Å². The second kappa shape index (κ2) is 5.89. The Bertz CT molecular complexity index is 574. The summed E-state index contributed by atoms with van der Waals surface area (Å²) >= 11 is 7.37. The lowest BCUT2D eigenvalue weighted by Crippen LogP contribution is -1.96. The van der Waals surface area contributed by atoms with E-state index in [-0.39, 0.29) is 5.56 Å². The number of thioether (sulfide) groups is 1. The number of aromatic carboxylic acids is 1. The maximum Gasteiger partial charge on any atom is 0.335 e. The van der Waals surface area contributed by atoms with Crippen molar-refractivity contribution >= 4 is 29.3 Å². The standard InChI is InChI=1S/C13H10ClNO2S/c14-11-3-1-2-9(6-11)8-18-12-7-10(13(16)17)4-5-15-12/h1-7H,8H2,(H,16,17). The van der Waals surface area contributed by atoms with E-state index in [1.807, 2.05) is 24.3 Å². The number of pyridine rings is 1. The zero-order valence-corrected chi connectivity index (χ0v) is 10.9. The first kappa shape index (κ1) is 12.9. The van der Waals surface area contributed by atoms with Crippen molar-refractivity contribution in [1.82, 2.24) is 4.98 Å². The Morgan fingerprint density at radius 2 is 2.17 bits per heavy atom. The molecule has 0 bridgehead atoms. The molecule has 1 N–H and O–H groups in total. The Labute approximate surface area is 114 Å². The Morgan fingerprint density at radius 1 is 1.33 bits per heavy atom. The smallest absolute Gasteiger partial charge is 0.335 e. The van der Waals surface area contributed by atoms with E-state index in [0.29, 0.717) is 15.8 Å². The summed E-state index contributed by atoms with van der Waals surface area (Å²) in [6.07, 6.45) is 1.50. The number of nitrogens with zero attached hydrogens (tertiary/aromatic N) is 1. The van der Waals surface area contributed by atoms with Crippen LogP contribution in [-0.4, -0.2) is 16.1 Å². The third kappa shape index (κ3) is 3.48. The molecule has 3 nitrogen and oxygen atoms in total. The monoisotopic (exact) mass is 279 g/mol. The molecule has 2 rings (SSSR count). The zero-order chi connectivity index (χ0) is 13.0. The molecule has 92 valence electrons. The third-order valence-corrected chi connectivity index (χ3v) is 3.49. The molecule has 5 heteroatoms. The van der Waals surface area contributed by atoms with E-state index in [9.17, 15) is 4.79 Å². The quantitative estimate of drug-likeness (QED) is 0.867. The molecule has 0 aliphatic carbocycles. The molecule has 0 radical (unpaired) electrons. The molecule has 0 unspecified atom stereocenters. The Morgan fingerprint density at radius 3 is 2.89 bits per heavy atom. The number of carboxylic acid groups (broad SMARTS) is 1. The van der Waals surface area contributed by atoms with Crippen LogP contribution in [0.15, 0.2) is 47.6 Å². The Hall–Kier alpha value is -1.52. The number of halogens is 1. The van der Waals surface area contributed by atoms with Crippen molar-refractivity contribution in [3.8, 4) is 0 Å². The molecule has 0 saturated carbocycles. The summed E-state index contributed by atoms with van der Waals surface area (Å²) < 4.78 is 0. The average Bonchev–Trinajstić information content (AvgIpc) is 2.37. The van der Waals surface area contributed by atoms with Gasteiger partial charge in [0.15, 0.2) is 0 Å². The molecule has 0 atom stereocenters. The second-order valence-corrected chi connectivity index (χ2v) is 5.04. The summed E-state index contributed by atoms with van der Waals surface area (Å²) in [7, 11) is 0. The maximum atomic E-state index is 10.8. The summed E-state index contributed by atoms with van der Waals surface area (Å²) in [5.41, 5.74) is 1.33. The van der Waals surface area contributed by atoms with Crippen LogP contribution in [0.5, 0.6) is 0 Å². The highest BCUT2D eigenvalue weighted by molar-refractivity contribution is 7.98. The highest BCUT2D eigenvalue weighted by Crippen LogP contribution is 2.22. The van der Waals surface area contributed by atoms with Crippen molar-refractivity contribution in [3.63, 3.8) is 0 Å². The summed E-state index contributed by atoms with van der Waals surface area (Å²) in [5, 5.41) is 10.3. The number of aromatic nitrogens is 1. The molecule has 0 aliphatic rings. The second-order valence-electron chi connectivity index (χ2n) is 3.61. The molecule has 0 aliphatic heterocycles. The Balaban J connectivity index is 2.06. The zero-order valence-electron chi connectivity index (χ0n) is 9.34. The number of rotatable bonds is 4. The van der Waals surface area contributed by atoms with Crippen LogP contribution in [-0.2, 0) is 5.75 Å². The predicted molar refractivity (Wildman–Crippen MR) is 72.2 cm³/mol. The first-order chi connectivity index (χ1) is 8.65. The lowest BCUT2D eigenvalue weighted by molar-refractivity contribution is 0.0696. The number of hydrogen-bond acceptors (Lipinski definition) is 3. The van der Waals surface area contributed by atoms with Crippen molar-refractivity contribution in [3.05, 3.63) is 58.7 Å². The summed E-state index contributed by atoms with van der Waals surface area (Å²) in [6, 6.07) is 10.6. The minimum atomic E-state index is -0.943. The molecule has 0 saturated heterocycles. The van der Waals surface area contributed by atoms with Crippen molar-refractivity contribution < 1.29 is 9.90 Å². The number of carbonyl (C=O) groups is 1. The van der Waals surface area contributed by atoms with Gasteiger partial charge < -0.3 is 5.11 Å². The van der Waals surface area contributed by atoms with Crippen LogP contribution in [0, 0.1) is 0 Å². The molecule has 0 fully saturated rings. The van der Waals surface area contributed by atoms with Crippen LogP contribution in [0.25, 0.3) is 0 Å². The molecule has 0 amide bonds. The molecule has 1 aromatic carbocycles. The van der Waals surface area contributed by atoms with Gasteiger partial charge in [0.2, 0.25) is 0 Å². The van der Waals surface area contributed by atoms with E-state index in [1.54, 1.807) is 6.07 Å². The molecule has 2 aromatic rings. The maximum absolute atomic E-state index is 10.8. The molecular formula is C13H10ClNO2S. The Kier molecular flexibility index (Phi) is 4.23. The van der Waals surface area contributed by atoms with Crippen LogP contribution in [0.2, 0.25) is 5.02 Å². The fourth-order valence-corrected chi connectivity index (χ4v) is 2.46. The third-order valence-electron chi connectivity index (χ3n) is 2.26. The minimum absolute atomic E-state index is 0.249. The molecule has 1 heterocycles. The fourth-order valence-electron chi connectivity index (χ4n) is 1.41. The van der Waals surface area contributed by atoms with Gasteiger partial charge in [-0.05, 0) is 29.8 Å². The normalized spacial score (nSPS) is 10.3. The van der Waals surface area contributed by atoms with Crippen LogP contribution < -0.4 is 0 Å². The van der Waals surface area contributed by atoms with Gasteiger partial charge >= 0.3 is 5.97 Å². The lowest BCUT2D eigenvalue weighted by atomic mass is 10.2. The lowest BCUT2D eigenvalue weighted by Gasteiger charge is -2.02. The van der Waals surface area contributed by atoms with Crippen molar-refractivity contribution in [1.29, 1.82) is 0 Å². The first-order valence-electron chi connectivity index (χ1n) is 5.22. The highest BCUT2D eigenvalue weighted by atomic mass is 35.5. The minimum Gasteiger partial charge on any atom is -0.478 e. The fraction of sp³-hybridized carbons (Fsp3) is 0.0769. The van der Waals surface area contributed by atoms with E-state index in [4.69, 9.17) is 16.7 Å². The molecule has 1 aromatic heterocycles. The summed E-state index contributed by atoms with van der Waals surface area (Å²) in [6.45, 7) is 0. The van der Waals surface area contributed by atoms with E-state index < -0.39 is 5.97 Å². The SMILES string of the molecule is O=C(O)c1ccnc(SCc2cccc(Cl)c2)c1. The van der Waals surface area contributed by atoms with Crippen LogP contribution in [0.4, 0.5) is 0 Å². The van der Waals surface area contributed by atoms with Gasteiger partial charge in [-0.25, -0.2) is 9.78 Å². The van der Waals surface area contributed by atoms with Crippen LogP contribution in [0.1, 0.15) is 15.9 Å². The van der Waals surface area contributed by atoms with Gasteiger partial charge in [0.25, 0.3) is 0 Å². The largest absolute Gasteiger partial charge is 0.478 e. The van der Waals surface area contributed by atoms with E-state index >= 15 is 0 Å². The van der Waals surface area contributed by atoms with Crippen molar-refractivity contribution in [2.75, 3.05) is 0 Å². The average molecular weight is 280 g/mol. The van der Waals surface area contributed by atoms with Gasteiger partial charge in [0.1, 0.15) is 0 Å². The van der Waals surface area contributed by atoms with Crippen molar-refractivity contribution in [2.24, 2.45) is 0 Å². The van der Waals surface area contributed by atoms with Crippen LogP contribution in [0.3, 0.4) is 0 Å². The van der Waals surface area contributed by atoms with E-state index in [2.05, 4.69) is 4.98 Å². The van der Waals surface area contributed by atoms with Gasteiger partial charge in [-0.15, -0.1) is 11.8 Å². The molecule has 18 heavy (non-hydrogen) atoms. The molecular weight excluding hydrogens is 270 g/mol. The number of hydrogen-bond donors (Lipinski definition) is 1. The van der Waals surface area contributed by atoms with Gasteiger partial charge in [-0.1, -0.05) is 23.7 Å². The number of benzene rings is 1. The van der Waals surface area contributed by atoms with E-state index in [1.165, 1.54) is 24.0 Å². The number of carboxylic acids is 1.